The zero-order valence-electron chi connectivity index (χ0n) is 9.36. The molecule has 1 aromatic rings. The monoisotopic (exact) mass is 219 g/mol. The Hall–Kier alpha value is -1.15. The zero-order chi connectivity index (χ0) is 11.3. The van der Waals surface area contributed by atoms with Crippen LogP contribution in [-0.2, 0) is 0 Å². The van der Waals surface area contributed by atoms with Gasteiger partial charge in [0, 0.05) is 0 Å². The van der Waals surface area contributed by atoms with Gasteiger partial charge in [-0.2, -0.15) is 0 Å². The molecule has 0 N–H and O–H groups in total. The third-order valence-electron chi connectivity index (χ3n) is 2.53. The maximum atomic E-state index is 4.31. The number of nitrogens with zero attached hydrogens (tertiary/aromatic N) is 1. The van der Waals surface area contributed by atoms with E-state index in [2.05, 4.69) is 38.1 Å². The first-order valence-corrected chi connectivity index (χ1v) is 6.00. The first kappa shape index (κ1) is 11.9. The second-order valence-corrected chi connectivity index (χ2v) is 4.35. The first-order valence-electron chi connectivity index (χ1n) is 5.12. The van der Waals surface area contributed by atoms with Gasteiger partial charge in [0.2, 0.25) is 0 Å². The number of hydrogen-bond acceptors (Lipinski definition) is 2. The van der Waals surface area contributed by atoms with E-state index in [1.807, 2.05) is 17.7 Å². The molecule has 1 atom stereocenters. The van der Waals surface area contributed by atoms with Gasteiger partial charge in [-0.25, -0.2) is 4.98 Å². The summed E-state index contributed by atoms with van der Waals surface area (Å²) in [5.41, 5.74) is 4.09. The first-order chi connectivity index (χ1) is 7.22. The lowest BCUT2D eigenvalue weighted by Crippen LogP contribution is -1.94. The molecule has 80 valence electrons. The van der Waals surface area contributed by atoms with Gasteiger partial charge >= 0.3 is 0 Å². The normalized spacial score (nSPS) is 13.6. The van der Waals surface area contributed by atoms with Crippen LogP contribution in [0, 0.1) is 5.92 Å². The highest BCUT2D eigenvalue weighted by Crippen LogP contribution is 2.22. The summed E-state index contributed by atoms with van der Waals surface area (Å²) in [5.74, 6) is 0.530. The minimum absolute atomic E-state index is 0.530. The molecule has 1 aromatic heterocycles. The Morgan fingerprint density at radius 2 is 2.33 bits per heavy atom. The molecule has 0 bridgehead atoms. The molecule has 0 saturated carbocycles. The molecule has 0 aliphatic rings. The van der Waals surface area contributed by atoms with Crippen molar-refractivity contribution in [1.82, 2.24) is 4.98 Å². The lowest BCUT2D eigenvalue weighted by molar-refractivity contribution is 0.674. The van der Waals surface area contributed by atoms with Crippen molar-refractivity contribution >= 4 is 23.5 Å². The standard InChI is InChI=1S/C13H17NS/c1-5-10(4)11(6-2)8-12-13(7-3)15-9-14-12/h6-10H,2-3,5H2,1,4H3/b11-8+. The molecule has 0 fully saturated rings. The van der Waals surface area contributed by atoms with E-state index in [4.69, 9.17) is 0 Å². The second kappa shape index (κ2) is 5.66. The Labute approximate surface area is 95.9 Å². The molecule has 1 rings (SSSR count). The molecule has 15 heavy (non-hydrogen) atoms. The maximum Gasteiger partial charge on any atom is 0.0814 e. The molecule has 0 aliphatic heterocycles. The number of rotatable bonds is 5. The van der Waals surface area contributed by atoms with Crippen LogP contribution < -0.4 is 0 Å². The lowest BCUT2D eigenvalue weighted by atomic mass is 9.97. The highest BCUT2D eigenvalue weighted by molar-refractivity contribution is 7.10. The highest BCUT2D eigenvalue weighted by Gasteiger charge is 2.05. The van der Waals surface area contributed by atoms with E-state index in [9.17, 15) is 0 Å². The van der Waals surface area contributed by atoms with Gasteiger partial charge in [-0.3, -0.25) is 0 Å². The average molecular weight is 219 g/mol. The fraction of sp³-hybridized carbons (Fsp3) is 0.308. The summed E-state index contributed by atoms with van der Waals surface area (Å²) in [7, 11) is 0. The fourth-order valence-electron chi connectivity index (χ4n) is 1.32. The summed E-state index contributed by atoms with van der Waals surface area (Å²) in [4.78, 5) is 5.44. The van der Waals surface area contributed by atoms with E-state index in [1.165, 1.54) is 5.57 Å². The number of hydrogen-bond donors (Lipinski definition) is 0. The molecule has 0 aliphatic carbocycles. The fourth-order valence-corrected chi connectivity index (χ4v) is 1.93. The van der Waals surface area contributed by atoms with Crippen LogP contribution in [0.4, 0.5) is 0 Å². The van der Waals surface area contributed by atoms with E-state index in [1.54, 1.807) is 11.3 Å². The predicted octanol–water partition coefficient (Wildman–Crippen LogP) is 4.40. The van der Waals surface area contributed by atoms with E-state index < -0.39 is 0 Å². The van der Waals surface area contributed by atoms with Gasteiger partial charge < -0.3 is 0 Å². The van der Waals surface area contributed by atoms with E-state index >= 15 is 0 Å². The SMILES string of the molecule is C=C/C(=C\c1ncsc1C=C)C(C)CC. The summed E-state index contributed by atoms with van der Waals surface area (Å²) in [5, 5.41) is 0. The molecule has 0 radical (unpaired) electrons. The van der Waals surface area contributed by atoms with Crippen molar-refractivity contribution in [1.29, 1.82) is 0 Å². The molecule has 2 heteroatoms. The molecule has 0 amide bonds. The Morgan fingerprint density at radius 3 is 2.87 bits per heavy atom. The number of aromatic nitrogens is 1. The molecule has 1 unspecified atom stereocenters. The van der Waals surface area contributed by atoms with Crippen LogP contribution in [-0.4, -0.2) is 4.98 Å². The largest absolute Gasteiger partial charge is 0.245 e. The quantitative estimate of drug-likeness (QED) is 0.669. The van der Waals surface area contributed by atoms with Gasteiger partial charge in [-0.15, -0.1) is 11.3 Å². The topological polar surface area (TPSA) is 12.9 Å². The third-order valence-corrected chi connectivity index (χ3v) is 3.37. The Morgan fingerprint density at radius 1 is 1.60 bits per heavy atom. The van der Waals surface area contributed by atoms with Gasteiger partial charge in [-0.05, 0) is 30.1 Å². The van der Waals surface area contributed by atoms with Crippen LogP contribution in [0.25, 0.3) is 12.2 Å². The third kappa shape index (κ3) is 2.90. The zero-order valence-corrected chi connectivity index (χ0v) is 10.2. The molecule has 0 spiro atoms. The van der Waals surface area contributed by atoms with Gasteiger partial charge in [-0.1, -0.05) is 33.1 Å². The lowest BCUT2D eigenvalue weighted by Gasteiger charge is -2.09. The summed E-state index contributed by atoms with van der Waals surface area (Å²) in [6.45, 7) is 12.0. The molecular formula is C13H17NS. The molecular weight excluding hydrogens is 202 g/mol. The van der Waals surface area contributed by atoms with Crippen LogP contribution in [0.2, 0.25) is 0 Å². The Bertz CT molecular complexity index is 374. The van der Waals surface area contributed by atoms with Crippen LogP contribution in [0.5, 0.6) is 0 Å². The highest BCUT2D eigenvalue weighted by atomic mass is 32.1. The van der Waals surface area contributed by atoms with Gasteiger partial charge in [0.1, 0.15) is 0 Å². The molecule has 1 heterocycles. The van der Waals surface area contributed by atoms with Crippen LogP contribution >= 0.6 is 11.3 Å². The van der Waals surface area contributed by atoms with Crippen molar-refractivity contribution in [2.45, 2.75) is 20.3 Å². The molecule has 0 saturated heterocycles. The molecule has 0 aromatic carbocycles. The minimum Gasteiger partial charge on any atom is -0.245 e. The van der Waals surface area contributed by atoms with Crippen molar-refractivity contribution in [3.05, 3.63) is 40.9 Å². The average Bonchev–Trinajstić information content (AvgIpc) is 2.71. The summed E-state index contributed by atoms with van der Waals surface area (Å²) in [6, 6.07) is 0. The van der Waals surface area contributed by atoms with E-state index in [0.717, 1.165) is 17.0 Å². The van der Waals surface area contributed by atoms with Gasteiger partial charge in [0.25, 0.3) is 0 Å². The second-order valence-electron chi connectivity index (χ2n) is 3.46. The minimum atomic E-state index is 0.530. The predicted molar refractivity (Wildman–Crippen MR) is 69.8 cm³/mol. The van der Waals surface area contributed by atoms with Crippen LogP contribution in [0.3, 0.4) is 0 Å². The number of allylic oxidation sites excluding steroid dienone is 2. The Balaban J connectivity index is 3.02. The summed E-state index contributed by atoms with van der Waals surface area (Å²) in [6.07, 6.45) is 6.99. The number of thiazole rings is 1. The van der Waals surface area contributed by atoms with E-state index in [0.29, 0.717) is 5.92 Å². The maximum absolute atomic E-state index is 4.31. The Kier molecular flexibility index (Phi) is 4.50. The van der Waals surface area contributed by atoms with Gasteiger partial charge in [0.05, 0.1) is 16.1 Å². The van der Waals surface area contributed by atoms with Crippen LogP contribution in [0.15, 0.2) is 30.3 Å². The smallest absolute Gasteiger partial charge is 0.0814 e. The van der Waals surface area contributed by atoms with Crippen molar-refractivity contribution < 1.29 is 0 Å². The summed E-state index contributed by atoms with van der Waals surface area (Å²) < 4.78 is 0. The van der Waals surface area contributed by atoms with E-state index in [-0.39, 0.29) is 0 Å². The van der Waals surface area contributed by atoms with Crippen molar-refractivity contribution in [3.63, 3.8) is 0 Å². The van der Waals surface area contributed by atoms with Crippen LogP contribution in [0.1, 0.15) is 30.8 Å². The van der Waals surface area contributed by atoms with Gasteiger partial charge in [0.15, 0.2) is 0 Å². The summed E-state index contributed by atoms with van der Waals surface area (Å²) >= 11 is 1.61. The molecule has 1 nitrogen and oxygen atoms in total. The van der Waals surface area contributed by atoms with Crippen molar-refractivity contribution in [3.8, 4) is 0 Å². The van der Waals surface area contributed by atoms with Crippen molar-refractivity contribution in [2.75, 3.05) is 0 Å². The van der Waals surface area contributed by atoms with Crippen molar-refractivity contribution in [2.24, 2.45) is 5.92 Å².